The number of phenolic OH excluding ortho intramolecular Hbond substituents is 2. The second-order valence-corrected chi connectivity index (χ2v) is 7.91. The molecule has 5 rings (SSSR count). The number of hydrogen-bond donors (Lipinski definition) is 3. The van der Waals surface area contributed by atoms with Crippen LogP contribution in [0.5, 0.6) is 17.4 Å². The van der Waals surface area contributed by atoms with Crippen molar-refractivity contribution in [1.29, 1.82) is 0 Å². The summed E-state index contributed by atoms with van der Waals surface area (Å²) >= 11 is 0. The van der Waals surface area contributed by atoms with E-state index in [4.69, 9.17) is 0 Å². The molecule has 0 fully saturated rings. The van der Waals surface area contributed by atoms with Crippen molar-refractivity contribution in [2.45, 2.75) is 12.8 Å². The SMILES string of the molecule is Oc1ccc(Cc2nc3c(Cc4ccccc4)nc(-c4ccc(O)c(F)c4F)cn3c2O)cc1. The Balaban J connectivity index is 1.67. The Morgan fingerprint density at radius 2 is 1.38 bits per heavy atom. The summed E-state index contributed by atoms with van der Waals surface area (Å²) in [4.78, 5) is 9.15. The van der Waals surface area contributed by atoms with Crippen LogP contribution in [0.15, 0.2) is 72.9 Å². The number of benzene rings is 3. The van der Waals surface area contributed by atoms with Crippen LogP contribution in [0.3, 0.4) is 0 Å². The fraction of sp³-hybridized carbons (Fsp3) is 0.0769. The van der Waals surface area contributed by atoms with E-state index in [9.17, 15) is 24.1 Å². The fourth-order valence-corrected chi connectivity index (χ4v) is 3.84. The molecule has 34 heavy (non-hydrogen) atoms. The molecule has 170 valence electrons. The summed E-state index contributed by atoms with van der Waals surface area (Å²) < 4.78 is 30.1. The third-order valence-electron chi connectivity index (χ3n) is 5.58. The molecule has 0 saturated carbocycles. The minimum Gasteiger partial charge on any atom is -0.508 e. The average molecular weight is 459 g/mol. The lowest BCUT2D eigenvalue weighted by Gasteiger charge is -2.10. The van der Waals surface area contributed by atoms with E-state index in [2.05, 4.69) is 9.97 Å². The molecule has 0 unspecified atom stereocenters. The van der Waals surface area contributed by atoms with Crippen molar-refractivity contribution in [3.63, 3.8) is 0 Å². The number of imidazole rings is 1. The van der Waals surface area contributed by atoms with Gasteiger partial charge in [0.15, 0.2) is 17.2 Å². The van der Waals surface area contributed by atoms with Gasteiger partial charge in [-0.2, -0.15) is 4.39 Å². The second kappa shape index (κ2) is 8.47. The summed E-state index contributed by atoms with van der Waals surface area (Å²) in [5.74, 6) is -3.42. The van der Waals surface area contributed by atoms with E-state index in [1.54, 1.807) is 24.3 Å². The van der Waals surface area contributed by atoms with Gasteiger partial charge in [0.05, 0.1) is 11.4 Å². The molecule has 0 aliphatic rings. The first-order valence-electron chi connectivity index (χ1n) is 10.5. The molecule has 0 bridgehead atoms. The van der Waals surface area contributed by atoms with Crippen LogP contribution in [0, 0.1) is 11.6 Å². The van der Waals surface area contributed by atoms with E-state index < -0.39 is 17.4 Å². The summed E-state index contributed by atoms with van der Waals surface area (Å²) in [6, 6.07) is 18.3. The largest absolute Gasteiger partial charge is 0.508 e. The highest BCUT2D eigenvalue weighted by atomic mass is 19.2. The molecule has 3 aromatic carbocycles. The van der Waals surface area contributed by atoms with E-state index in [1.165, 1.54) is 16.7 Å². The first-order valence-corrected chi connectivity index (χ1v) is 10.5. The van der Waals surface area contributed by atoms with E-state index >= 15 is 0 Å². The molecule has 0 radical (unpaired) electrons. The normalized spacial score (nSPS) is 11.2. The highest BCUT2D eigenvalue weighted by Crippen LogP contribution is 2.32. The molecule has 0 atom stereocenters. The number of nitrogens with zero attached hydrogens (tertiary/aromatic N) is 3. The van der Waals surface area contributed by atoms with Crippen molar-refractivity contribution in [3.05, 3.63) is 107 Å². The number of phenols is 2. The van der Waals surface area contributed by atoms with Gasteiger partial charge in [-0.05, 0) is 35.4 Å². The van der Waals surface area contributed by atoms with Crippen LogP contribution < -0.4 is 0 Å². The Bertz CT molecular complexity index is 1500. The highest BCUT2D eigenvalue weighted by molar-refractivity contribution is 5.65. The van der Waals surface area contributed by atoms with Gasteiger partial charge in [-0.15, -0.1) is 0 Å². The zero-order chi connectivity index (χ0) is 23.8. The Morgan fingerprint density at radius 1 is 0.706 bits per heavy atom. The number of aromatic nitrogens is 3. The van der Waals surface area contributed by atoms with Crippen LogP contribution in [0.1, 0.15) is 22.5 Å². The van der Waals surface area contributed by atoms with Crippen molar-refractivity contribution in [2.24, 2.45) is 0 Å². The van der Waals surface area contributed by atoms with Gasteiger partial charge in [0.25, 0.3) is 0 Å². The molecule has 0 amide bonds. The van der Waals surface area contributed by atoms with Gasteiger partial charge in [-0.25, -0.2) is 14.4 Å². The van der Waals surface area contributed by atoms with Gasteiger partial charge in [-0.1, -0.05) is 42.5 Å². The van der Waals surface area contributed by atoms with Crippen LogP contribution in [-0.4, -0.2) is 29.7 Å². The summed E-state index contributed by atoms with van der Waals surface area (Å²) in [5.41, 5.74) is 2.90. The molecule has 0 aliphatic carbocycles. The Morgan fingerprint density at radius 3 is 2.12 bits per heavy atom. The van der Waals surface area contributed by atoms with Gasteiger partial charge in [0, 0.05) is 24.6 Å². The zero-order valence-electron chi connectivity index (χ0n) is 17.8. The van der Waals surface area contributed by atoms with Gasteiger partial charge in [0.2, 0.25) is 11.7 Å². The quantitative estimate of drug-likeness (QED) is 0.345. The Labute approximate surface area is 193 Å². The lowest BCUT2D eigenvalue weighted by atomic mass is 10.1. The van der Waals surface area contributed by atoms with Gasteiger partial charge < -0.3 is 15.3 Å². The predicted molar refractivity (Wildman–Crippen MR) is 122 cm³/mol. The van der Waals surface area contributed by atoms with E-state index in [-0.39, 0.29) is 29.3 Å². The van der Waals surface area contributed by atoms with Gasteiger partial charge in [-0.3, -0.25) is 4.40 Å². The number of rotatable bonds is 5. The Kier molecular flexibility index (Phi) is 5.33. The molecule has 0 saturated heterocycles. The third-order valence-corrected chi connectivity index (χ3v) is 5.58. The van der Waals surface area contributed by atoms with Crippen LogP contribution in [0.2, 0.25) is 0 Å². The van der Waals surface area contributed by atoms with Crippen molar-refractivity contribution >= 4 is 5.65 Å². The van der Waals surface area contributed by atoms with Gasteiger partial charge >= 0.3 is 0 Å². The number of fused-ring (bicyclic) bond motifs is 1. The van der Waals surface area contributed by atoms with E-state index in [1.807, 2.05) is 30.3 Å². The van der Waals surface area contributed by atoms with Crippen molar-refractivity contribution < 1.29 is 24.1 Å². The summed E-state index contributed by atoms with van der Waals surface area (Å²) in [6.07, 6.45) is 2.02. The number of halogens is 2. The van der Waals surface area contributed by atoms with E-state index in [0.29, 0.717) is 23.5 Å². The smallest absolute Gasteiger partial charge is 0.219 e. The molecule has 2 aromatic heterocycles. The molecule has 6 nitrogen and oxygen atoms in total. The lowest BCUT2D eigenvalue weighted by molar-refractivity contribution is 0.408. The maximum Gasteiger partial charge on any atom is 0.219 e. The van der Waals surface area contributed by atoms with Crippen molar-refractivity contribution in [1.82, 2.24) is 14.4 Å². The fourth-order valence-electron chi connectivity index (χ4n) is 3.84. The molecular weight excluding hydrogens is 440 g/mol. The monoisotopic (exact) mass is 459 g/mol. The summed E-state index contributed by atoms with van der Waals surface area (Å²) in [6.45, 7) is 0. The number of hydrogen-bond acceptors (Lipinski definition) is 5. The highest BCUT2D eigenvalue weighted by Gasteiger charge is 2.21. The maximum atomic E-state index is 14.6. The molecular formula is C26H19F2N3O3. The molecule has 5 aromatic rings. The molecule has 8 heteroatoms. The van der Waals surface area contributed by atoms with Crippen LogP contribution >= 0.6 is 0 Å². The second-order valence-electron chi connectivity index (χ2n) is 7.91. The van der Waals surface area contributed by atoms with Crippen molar-refractivity contribution in [2.75, 3.05) is 0 Å². The topological polar surface area (TPSA) is 90.9 Å². The third kappa shape index (κ3) is 3.90. The Hall–Kier alpha value is -4.46. The first-order chi connectivity index (χ1) is 16.4. The molecule has 2 heterocycles. The lowest BCUT2D eigenvalue weighted by Crippen LogP contribution is -2.02. The van der Waals surface area contributed by atoms with Crippen LogP contribution in [0.25, 0.3) is 16.9 Å². The summed E-state index contributed by atoms with van der Waals surface area (Å²) in [5, 5.41) is 30.0. The average Bonchev–Trinajstić information content (AvgIpc) is 3.15. The van der Waals surface area contributed by atoms with E-state index in [0.717, 1.165) is 17.2 Å². The predicted octanol–water partition coefficient (Wildman–Crippen LogP) is 4.97. The standard InChI is InChI=1S/C26H19F2N3O3/c27-23-18(10-11-22(33)24(23)28)21-14-31-25(19(29-21)12-15-4-2-1-3-5-15)30-20(26(31)34)13-16-6-8-17(32)9-7-16/h1-11,14,32-34H,12-13H2. The molecule has 0 spiro atoms. The van der Waals surface area contributed by atoms with Crippen LogP contribution in [0.4, 0.5) is 8.78 Å². The van der Waals surface area contributed by atoms with Gasteiger partial charge in [0.1, 0.15) is 11.4 Å². The van der Waals surface area contributed by atoms with Crippen molar-refractivity contribution in [3.8, 4) is 28.6 Å². The number of aromatic hydroxyl groups is 3. The zero-order valence-corrected chi connectivity index (χ0v) is 17.8. The summed E-state index contributed by atoms with van der Waals surface area (Å²) in [7, 11) is 0. The maximum absolute atomic E-state index is 14.6. The minimum absolute atomic E-state index is 0.0821. The first kappa shape index (κ1) is 21.4. The molecule has 3 N–H and O–H groups in total. The van der Waals surface area contributed by atoms with Crippen LogP contribution in [-0.2, 0) is 12.8 Å². The molecule has 0 aliphatic heterocycles. The minimum atomic E-state index is -1.37.